The fraction of sp³-hybridized carbons (Fsp3) is 0. The van der Waals surface area contributed by atoms with E-state index in [9.17, 15) is 4.79 Å². The molecule has 0 aliphatic rings. The minimum atomic E-state index is -0.484. The molecule has 4 N–H and O–H groups in total. The van der Waals surface area contributed by atoms with Gasteiger partial charge >= 0.3 is 0 Å². The smallest absolute Gasteiger partial charge is 0.287 e. The molecule has 0 rings (SSSR count). The van der Waals surface area contributed by atoms with Crippen LogP contribution in [-0.2, 0) is 0 Å². The number of rotatable bonds is 0. The van der Waals surface area contributed by atoms with Gasteiger partial charge < -0.3 is 11.5 Å². The van der Waals surface area contributed by atoms with Gasteiger partial charge in [-0.15, -0.1) is 0 Å². The summed E-state index contributed by atoms with van der Waals surface area (Å²) in [6.45, 7) is 0. The number of nitrogens with two attached hydrogens (primary N) is 2. The first-order chi connectivity index (χ1) is 3.63. The van der Waals surface area contributed by atoms with E-state index in [0.29, 0.717) is 0 Å². The van der Waals surface area contributed by atoms with E-state index in [0.717, 1.165) is 21.6 Å². The van der Waals surface area contributed by atoms with E-state index in [2.05, 4.69) is 12.2 Å². The maximum absolute atomic E-state index is 9.95. The van der Waals surface area contributed by atoms with Crippen molar-refractivity contribution in [3.05, 3.63) is 0 Å². The van der Waals surface area contributed by atoms with Crippen molar-refractivity contribution in [1.29, 1.82) is 0 Å². The number of hydrogen-bond donors (Lipinski definition) is 2. The molecule has 0 aromatic heterocycles. The van der Waals surface area contributed by atoms with E-state index in [4.69, 9.17) is 11.5 Å². The zero-order valence-electron chi connectivity index (χ0n) is 3.79. The zero-order chi connectivity index (χ0) is 6.57. The molecule has 0 atom stereocenters. The Hall–Kier alpha value is 0.0600. The van der Waals surface area contributed by atoms with Gasteiger partial charge in [-0.2, -0.15) is 0 Å². The fourth-order valence-electron chi connectivity index (χ4n) is 0.0821. The molecule has 0 aliphatic heterocycles. The third kappa shape index (κ3) is 6.06. The van der Waals surface area contributed by atoms with Gasteiger partial charge in [0.05, 0.1) is 0 Å². The molecule has 0 spiro atoms. The van der Waals surface area contributed by atoms with Gasteiger partial charge in [-0.25, -0.2) is 0 Å². The lowest BCUT2D eigenvalue weighted by atomic mass is 11.5. The molecule has 8 heavy (non-hydrogen) atoms. The van der Waals surface area contributed by atoms with Crippen LogP contribution in [0.15, 0.2) is 0 Å². The van der Waals surface area contributed by atoms with Crippen LogP contribution in [0.4, 0.5) is 4.79 Å². The Bertz CT molecular complexity index is 99.9. The topological polar surface area (TPSA) is 69.1 Å². The van der Waals surface area contributed by atoms with Gasteiger partial charge in [0.1, 0.15) is 4.32 Å². The molecule has 0 heterocycles. The van der Waals surface area contributed by atoms with Crippen molar-refractivity contribution in [3.8, 4) is 0 Å². The average Bonchev–Trinajstić information content (AvgIpc) is 1.61. The molecule has 6 heteroatoms. The highest BCUT2D eigenvalue weighted by Gasteiger charge is 1.95. The number of hydrogen-bond acceptors (Lipinski definition) is 4. The number of carbonyl (C=O) groups excluding carboxylic acids is 1. The summed E-state index contributed by atoms with van der Waals surface area (Å²) in [5, 5.41) is -0.484. The van der Waals surface area contributed by atoms with Crippen LogP contribution in [0.5, 0.6) is 0 Å². The van der Waals surface area contributed by atoms with E-state index in [1.807, 2.05) is 0 Å². The van der Waals surface area contributed by atoms with Gasteiger partial charge in [-0.3, -0.25) is 4.79 Å². The van der Waals surface area contributed by atoms with Crippen LogP contribution in [0.2, 0.25) is 0 Å². The second-order valence-electron chi connectivity index (χ2n) is 0.805. The molecule has 0 aromatic carbocycles. The van der Waals surface area contributed by atoms with Crippen LogP contribution >= 0.6 is 33.8 Å². The lowest BCUT2D eigenvalue weighted by Gasteiger charge is -1.88. The number of amides is 1. The summed E-state index contributed by atoms with van der Waals surface area (Å²) in [5.41, 5.74) is 9.74. The molecule has 0 aliphatic carbocycles. The predicted octanol–water partition coefficient (Wildman–Crippen LogP) is 0.690. The summed E-state index contributed by atoms with van der Waals surface area (Å²) < 4.78 is 0.216. The highest BCUT2D eigenvalue weighted by Crippen LogP contribution is 2.19. The van der Waals surface area contributed by atoms with Crippen molar-refractivity contribution >= 4 is 43.4 Å². The molecule has 0 saturated heterocycles. The molecule has 0 radical (unpaired) electrons. The Morgan fingerprint density at radius 1 is 1.38 bits per heavy atom. The summed E-state index contributed by atoms with van der Waals surface area (Å²) in [6, 6.07) is 0. The van der Waals surface area contributed by atoms with Crippen LogP contribution < -0.4 is 11.5 Å². The molecule has 0 unspecified atom stereocenters. The van der Waals surface area contributed by atoms with Crippen LogP contribution in [0, 0.1) is 0 Å². The standard InChI is InChI=1S/C2H4N2OS3/c3-1(5)7-8-2(4)6/h(H2,3,5)(H2,4,6). The molecular weight excluding hydrogens is 164 g/mol. The maximum Gasteiger partial charge on any atom is 0.287 e. The van der Waals surface area contributed by atoms with Crippen molar-refractivity contribution < 1.29 is 4.79 Å². The molecular formula is C2H4N2OS3. The average molecular weight is 168 g/mol. The largest absolute Gasteiger partial charge is 0.384 e. The minimum absolute atomic E-state index is 0.216. The van der Waals surface area contributed by atoms with Crippen molar-refractivity contribution in [3.63, 3.8) is 0 Å². The Morgan fingerprint density at radius 2 is 1.88 bits per heavy atom. The Kier molecular flexibility index (Phi) is 4.02. The second kappa shape index (κ2) is 3.99. The Balaban J connectivity index is 3.18. The SMILES string of the molecule is NC(=O)SSC(N)=S. The van der Waals surface area contributed by atoms with Gasteiger partial charge in [0.15, 0.2) is 0 Å². The quantitative estimate of drug-likeness (QED) is 0.411. The van der Waals surface area contributed by atoms with Gasteiger partial charge in [-0.05, 0) is 10.8 Å². The van der Waals surface area contributed by atoms with E-state index in [1.165, 1.54) is 0 Å². The monoisotopic (exact) mass is 168 g/mol. The normalized spacial score (nSPS) is 8.50. The van der Waals surface area contributed by atoms with E-state index in [-0.39, 0.29) is 4.32 Å². The molecule has 1 amide bonds. The van der Waals surface area contributed by atoms with E-state index >= 15 is 0 Å². The first-order valence-corrected chi connectivity index (χ1v) is 4.12. The number of thiocarbonyl (C=S) groups is 1. The maximum atomic E-state index is 9.95. The van der Waals surface area contributed by atoms with Crippen molar-refractivity contribution in [2.75, 3.05) is 0 Å². The first-order valence-electron chi connectivity index (χ1n) is 1.56. The highest BCUT2D eigenvalue weighted by molar-refractivity contribution is 8.88. The molecule has 0 fully saturated rings. The van der Waals surface area contributed by atoms with Crippen LogP contribution in [0.3, 0.4) is 0 Å². The summed E-state index contributed by atoms with van der Waals surface area (Å²) in [6.07, 6.45) is 0. The first kappa shape index (κ1) is 8.06. The molecule has 0 bridgehead atoms. The number of primary amides is 1. The third-order valence-corrected chi connectivity index (χ3v) is 2.47. The summed E-state index contributed by atoms with van der Waals surface area (Å²) in [4.78, 5) is 9.95. The predicted molar refractivity (Wildman–Crippen MR) is 41.6 cm³/mol. The van der Waals surface area contributed by atoms with Crippen LogP contribution in [0.1, 0.15) is 0 Å². The lowest BCUT2D eigenvalue weighted by Crippen LogP contribution is -2.04. The summed E-state index contributed by atoms with van der Waals surface area (Å²) >= 11 is 4.43. The van der Waals surface area contributed by atoms with Crippen LogP contribution in [-0.4, -0.2) is 9.56 Å². The van der Waals surface area contributed by atoms with Crippen molar-refractivity contribution in [1.82, 2.24) is 0 Å². The molecule has 3 nitrogen and oxygen atoms in total. The second-order valence-corrected chi connectivity index (χ2v) is 3.68. The summed E-state index contributed by atoms with van der Waals surface area (Å²) in [7, 11) is 1.82. The van der Waals surface area contributed by atoms with Gasteiger partial charge in [0.25, 0.3) is 5.24 Å². The van der Waals surface area contributed by atoms with Crippen molar-refractivity contribution in [2.24, 2.45) is 11.5 Å². The van der Waals surface area contributed by atoms with Crippen molar-refractivity contribution in [2.45, 2.75) is 0 Å². The number of carbonyl (C=O) groups is 1. The zero-order valence-corrected chi connectivity index (χ0v) is 6.24. The molecule has 0 saturated carbocycles. The Morgan fingerprint density at radius 3 is 2.00 bits per heavy atom. The van der Waals surface area contributed by atoms with E-state index in [1.54, 1.807) is 0 Å². The van der Waals surface area contributed by atoms with Crippen LogP contribution in [0.25, 0.3) is 0 Å². The fourth-order valence-corrected chi connectivity index (χ4v) is 1.05. The van der Waals surface area contributed by atoms with Gasteiger partial charge in [0.2, 0.25) is 0 Å². The lowest BCUT2D eigenvalue weighted by molar-refractivity contribution is 0.267. The van der Waals surface area contributed by atoms with Gasteiger partial charge in [-0.1, -0.05) is 12.2 Å². The molecule has 0 aromatic rings. The highest BCUT2D eigenvalue weighted by atomic mass is 33.1. The minimum Gasteiger partial charge on any atom is -0.384 e. The third-order valence-electron chi connectivity index (χ3n) is 0.206. The van der Waals surface area contributed by atoms with E-state index < -0.39 is 5.24 Å². The Labute approximate surface area is 60.0 Å². The summed E-state index contributed by atoms with van der Waals surface area (Å²) in [5.74, 6) is 0. The molecule has 46 valence electrons. The van der Waals surface area contributed by atoms with Gasteiger partial charge in [0, 0.05) is 10.8 Å².